The number of hydrogen-bond donors (Lipinski definition) is 0. The van der Waals surface area contributed by atoms with Crippen LogP contribution in [-0.4, -0.2) is 32.7 Å². The van der Waals surface area contributed by atoms with E-state index in [2.05, 4.69) is 24.2 Å². The molecular weight excluding hydrogens is 382 g/mol. The molecule has 4 aliphatic heterocycles. The van der Waals surface area contributed by atoms with E-state index in [0.717, 1.165) is 30.5 Å². The summed E-state index contributed by atoms with van der Waals surface area (Å²) in [6.07, 6.45) is 5.36. The van der Waals surface area contributed by atoms with Gasteiger partial charge >= 0.3 is 0 Å². The summed E-state index contributed by atoms with van der Waals surface area (Å²) in [5, 5.41) is 8.85. The Morgan fingerprint density at radius 1 is 1.03 bits per heavy atom. The van der Waals surface area contributed by atoms with Gasteiger partial charge in [-0.3, -0.25) is 0 Å². The van der Waals surface area contributed by atoms with E-state index in [1.54, 1.807) is 0 Å². The number of benzene rings is 1. The minimum Gasteiger partial charge on any atom is -0.324 e. The van der Waals surface area contributed by atoms with Gasteiger partial charge in [0.05, 0.1) is 6.20 Å². The summed E-state index contributed by atoms with van der Waals surface area (Å²) in [5.74, 6) is 0.621. The standard InChI is InChI=1S/C23H29N3O4/c1-14-9-10-18-15(2)20(26-13-19(24-25-26)16-7-5-4-6-8-16)27-21-23(18)17(14)11-12-22(3,28-21)29-30-23/h4-8,13-15,17-18,20-21H,9-12H2,1-3H3/t14-,15-,17+,18+,20-,21-,22+,23-/m1/s1. The molecule has 7 nitrogen and oxygen atoms in total. The van der Waals surface area contributed by atoms with Crippen LogP contribution in [0, 0.1) is 23.7 Å². The van der Waals surface area contributed by atoms with Gasteiger partial charge in [-0.05, 0) is 38.0 Å². The van der Waals surface area contributed by atoms with Crippen LogP contribution in [-0.2, 0) is 19.2 Å². The van der Waals surface area contributed by atoms with Crippen molar-refractivity contribution < 1.29 is 19.2 Å². The first-order valence-corrected chi connectivity index (χ1v) is 11.2. The molecule has 1 aromatic heterocycles. The Balaban J connectivity index is 1.38. The largest absolute Gasteiger partial charge is 0.324 e. The smallest absolute Gasteiger partial charge is 0.201 e. The van der Waals surface area contributed by atoms with Crippen LogP contribution < -0.4 is 0 Å². The lowest BCUT2D eigenvalue weighted by Gasteiger charge is -2.60. The van der Waals surface area contributed by atoms with Crippen molar-refractivity contribution in [1.82, 2.24) is 15.0 Å². The Labute approximate surface area is 176 Å². The van der Waals surface area contributed by atoms with Crippen molar-refractivity contribution in [3.05, 3.63) is 36.5 Å². The van der Waals surface area contributed by atoms with Gasteiger partial charge in [-0.15, -0.1) is 5.10 Å². The highest BCUT2D eigenvalue weighted by Crippen LogP contribution is 2.61. The first-order chi connectivity index (χ1) is 14.5. The Hall–Kier alpha value is -1.80. The van der Waals surface area contributed by atoms with E-state index in [1.165, 1.54) is 6.42 Å². The summed E-state index contributed by atoms with van der Waals surface area (Å²) >= 11 is 0. The molecule has 30 heavy (non-hydrogen) atoms. The zero-order valence-corrected chi connectivity index (χ0v) is 17.7. The molecule has 8 atom stereocenters. The average Bonchev–Trinajstić information content (AvgIpc) is 3.13. The van der Waals surface area contributed by atoms with Crippen LogP contribution in [0.4, 0.5) is 0 Å². The lowest BCUT2D eigenvalue weighted by molar-refractivity contribution is -0.574. The molecule has 1 spiro atoms. The molecule has 160 valence electrons. The molecule has 2 bridgehead atoms. The van der Waals surface area contributed by atoms with Gasteiger partial charge in [0.15, 0.2) is 18.1 Å². The van der Waals surface area contributed by atoms with E-state index in [0.29, 0.717) is 11.8 Å². The Morgan fingerprint density at radius 2 is 1.87 bits per heavy atom. The first kappa shape index (κ1) is 18.9. The predicted octanol–water partition coefficient (Wildman–Crippen LogP) is 4.33. The quantitative estimate of drug-likeness (QED) is 0.686. The highest BCUT2D eigenvalue weighted by Gasteiger charge is 2.69. The van der Waals surface area contributed by atoms with E-state index in [9.17, 15) is 0 Å². The zero-order chi connectivity index (χ0) is 20.5. The highest BCUT2D eigenvalue weighted by molar-refractivity contribution is 5.57. The molecule has 0 unspecified atom stereocenters. The molecule has 1 aromatic carbocycles. The third-order valence-electron chi connectivity index (χ3n) is 7.96. The van der Waals surface area contributed by atoms with Crippen LogP contribution >= 0.6 is 0 Å². The van der Waals surface area contributed by atoms with Crippen LogP contribution in [0.5, 0.6) is 0 Å². The van der Waals surface area contributed by atoms with Crippen molar-refractivity contribution in [3.63, 3.8) is 0 Å². The second-order valence-corrected chi connectivity index (χ2v) is 9.75. The molecule has 5 heterocycles. The monoisotopic (exact) mass is 411 g/mol. The van der Waals surface area contributed by atoms with Crippen LogP contribution in [0.3, 0.4) is 0 Å². The fourth-order valence-corrected chi connectivity index (χ4v) is 6.33. The average molecular weight is 412 g/mol. The van der Waals surface area contributed by atoms with Gasteiger partial charge in [0, 0.05) is 23.8 Å². The number of nitrogens with zero attached hydrogens (tertiary/aromatic N) is 3. The van der Waals surface area contributed by atoms with Crippen molar-refractivity contribution in [3.8, 4) is 11.3 Å². The van der Waals surface area contributed by atoms with Gasteiger partial charge in [-0.1, -0.05) is 49.4 Å². The SMILES string of the molecule is C[C@H]1[C@H](n2cc(-c3ccccc3)nn2)O[C@@H]2O[C@]3(C)CC[C@H]4[C@H](C)CC[C@@H]1[C@@]24OO3. The lowest BCUT2D eigenvalue weighted by Crippen LogP contribution is -2.69. The van der Waals surface area contributed by atoms with Crippen molar-refractivity contribution in [2.24, 2.45) is 23.7 Å². The van der Waals surface area contributed by atoms with E-state index < -0.39 is 17.7 Å². The van der Waals surface area contributed by atoms with Gasteiger partial charge in [0.2, 0.25) is 5.79 Å². The number of hydrogen-bond acceptors (Lipinski definition) is 6. The molecule has 7 heteroatoms. The summed E-state index contributed by atoms with van der Waals surface area (Å²) in [6.45, 7) is 6.52. The predicted molar refractivity (Wildman–Crippen MR) is 108 cm³/mol. The third kappa shape index (κ3) is 2.59. The molecule has 5 aliphatic rings. The molecule has 1 saturated carbocycles. The molecule has 0 N–H and O–H groups in total. The zero-order valence-electron chi connectivity index (χ0n) is 17.7. The van der Waals surface area contributed by atoms with Gasteiger partial charge in [-0.2, -0.15) is 0 Å². The van der Waals surface area contributed by atoms with Gasteiger partial charge < -0.3 is 9.47 Å². The maximum Gasteiger partial charge on any atom is 0.201 e. The minimum absolute atomic E-state index is 0.191. The van der Waals surface area contributed by atoms with Crippen LogP contribution in [0.25, 0.3) is 11.3 Å². The number of aromatic nitrogens is 3. The molecule has 0 radical (unpaired) electrons. The summed E-state index contributed by atoms with van der Waals surface area (Å²) in [6, 6.07) is 10.1. The first-order valence-electron chi connectivity index (χ1n) is 11.2. The minimum atomic E-state index is -0.764. The summed E-state index contributed by atoms with van der Waals surface area (Å²) < 4.78 is 14.9. The molecular formula is C23H29N3O4. The van der Waals surface area contributed by atoms with E-state index in [1.807, 2.05) is 48.1 Å². The van der Waals surface area contributed by atoms with Crippen LogP contribution in [0.2, 0.25) is 0 Å². The van der Waals surface area contributed by atoms with Gasteiger partial charge in [0.25, 0.3) is 0 Å². The molecule has 0 amide bonds. The van der Waals surface area contributed by atoms with Crippen LogP contribution in [0.15, 0.2) is 36.5 Å². The molecule has 7 rings (SSSR count). The molecule has 4 saturated heterocycles. The van der Waals surface area contributed by atoms with Gasteiger partial charge in [-0.25, -0.2) is 14.5 Å². The lowest BCUT2D eigenvalue weighted by atomic mass is 9.58. The number of rotatable bonds is 2. The normalized spacial score (nSPS) is 45.0. The van der Waals surface area contributed by atoms with Crippen molar-refractivity contribution >= 4 is 0 Å². The van der Waals surface area contributed by atoms with Crippen LogP contribution in [0.1, 0.15) is 52.7 Å². The van der Waals surface area contributed by atoms with E-state index >= 15 is 0 Å². The van der Waals surface area contributed by atoms with Crippen molar-refractivity contribution in [2.45, 2.75) is 70.4 Å². The summed E-state index contributed by atoms with van der Waals surface area (Å²) in [7, 11) is 0. The Kier molecular flexibility index (Phi) is 4.16. The third-order valence-corrected chi connectivity index (χ3v) is 7.96. The maximum atomic E-state index is 6.63. The van der Waals surface area contributed by atoms with E-state index in [-0.39, 0.29) is 18.1 Å². The highest BCUT2D eigenvalue weighted by atomic mass is 17.3. The molecule has 5 fully saturated rings. The number of ether oxygens (including phenoxy) is 2. The fraction of sp³-hybridized carbons (Fsp3) is 0.652. The summed E-state index contributed by atoms with van der Waals surface area (Å²) in [5.41, 5.74) is 1.34. The van der Waals surface area contributed by atoms with Crippen molar-refractivity contribution in [1.29, 1.82) is 0 Å². The van der Waals surface area contributed by atoms with Gasteiger partial charge in [0.1, 0.15) is 5.69 Å². The van der Waals surface area contributed by atoms with Crippen molar-refractivity contribution in [2.75, 3.05) is 0 Å². The number of fused-ring (bicyclic) bond motifs is 2. The fourth-order valence-electron chi connectivity index (χ4n) is 6.33. The summed E-state index contributed by atoms with van der Waals surface area (Å²) in [4.78, 5) is 12.1. The topological polar surface area (TPSA) is 67.6 Å². The second kappa shape index (κ2) is 6.60. The van der Waals surface area contributed by atoms with E-state index in [4.69, 9.17) is 19.2 Å². The Bertz CT molecular complexity index is 936. The Morgan fingerprint density at radius 3 is 2.70 bits per heavy atom. The second-order valence-electron chi connectivity index (χ2n) is 9.75. The molecule has 1 aliphatic carbocycles. The maximum absolute atomic E-state index is 6.63. The molecule has 2 aromatic rings.